The maximum atomic E-state index is 2.39. The predicted molar refractivity (Wildman–Crippen MR) is 237 cm³/mol. The van der Waals surface area contributed by atoms with Gasteiger partial charge in [0, 0.05) is 53.7 Å². The van der Waals surface area contributed by atoms with Crippen LogP contribution in [0.5, 0.6) is 0 Å². The Hall–Kier alpha value is -6.94. The average molecular weight is 719 g/mol. The second-order valence-corrected chi connectivity index (χ2v) is 15.2. The topological polar surface area (TPSA) is 8.17 Å². The highest BCUT2D eigenvalue weighted by Gasteiger charge is 2.17. The Bertz CT molecular complexity index is 3180. The van der Waals surface area contributed by atoms with Crippen LogP contribution < -0.4 is 4.90 Å². The highest BCUT2D eigenvalue weighted by atomic mass is 32.1. The van der Waals surface area contributed by atoms with Gasteiger partial charge < -0.3 is 9.47 Å². The molecule has 0 amide bonds. The molecule has 11 rings (SSSR count). The summed E-state index contributed by atoms with van der Waals surface area (Å²) in [6.45, 7) is 0. The SMILES string of the molecule is c1ccc(-n2c3ccccc3c3ccc(-c4ccc(N(c5ccc(-c6cccc7ccccc67)cc5)c5ccc6c(c5)sc5ccccc56)cc4)cc32)cc1. The number of nitrogens with zero attached hydrogens (tertiary/aromatic N) is 2. The summed E-state index contributed by atoms with van der Waals surface area (Å²) in [5, 5.41) is 7.66. The Balaban J connectivity index is 1.02. The van der Waals surface area contributed by atoms with Crippen molar-refractivity contribution in [2.75, 3.05) is 4.90 Å². The molecular formula is C52H34N2S. The quantitative estimate of drug-likeness (QED) is 0.166. The second-order valence-electron chi connectivity index (χ2n) is 14.2. The van der Waals surface area contributed by atoms with Gasteiger partial charge in [-0.05, 0) is 99.8 Å². The van der Waals surface area contributed by atoms with Crippen LogP contribution in [0.3, 0.4) is 0 Å². The molecule has 0 spiro atoms. The Labute approximate surface area is 323 Å². The fraction of sp³-hybridized carbons (Fsp3) is 0. The Morgan fingerprint density at radius 1 is 0.345 bits per heavy atom. The van der Waals surface area contributed by atoms with Crippen molar-refractivity contribution in [1.29, 1.82) is 0 Å². The number of aromatic nitrogens is 1. The summed E-state index contributed by atoms with van der Waals surface area (Å²) in [6.07, 6.45) is 0. The third-order valence-corrected chi connectivity index (χ3v) is 12.1. The number of hydrogen-bond acceptors (Lipinski definition) is 2. The lowest BCUT2D eigenvalue weighted by Crippen LogP contribution is -2.09. The molecule has 55 heavy (non-hydrogen) atoms. The summed E-state index contributed by atoms with van der Waals surface area (Å²) in [6, 6.07) is 75.2. The highest BCUT2D eigenvalue weighted by Crippen LogP contribution is 2.42. The molecule has 0 bridgehead atoms. The molecule has 2 heterocycles. The minimum absolute atomic E-state index is 1.11. The van der Waals surface area contributed by atoms with Crippen LogP contribution in [-0.2, 0) is 0 Å². The van der Waals surface area contributed by atoms with E-state index in [4.69, 9.17) is 0 Å². The zero-order valence-corrected chi connectivity index (χ0v) is 30.7. The number of hydrogen-bond donors (Lipinski definition) is 0. The third-order valence-electron chi connectivity index (χ3n) is 11.0. The van der Waals surface area contributed by atoms with Crippen LogP contribution in [-0.4, -0.2) is 4.57 Å². The van der Waals surface area contributed by atoms with E-state index in [-0.39, 0.29) is 0 Å². The molecule has 258 valence electrons. The van der Waals surface area contributed by atoms with Crippen LogP contribution in [0.25, 0.3) is 80.7 Å². The molecule has 0 fully saturated rings. The fourth-order valence-corrected chi connectivity index (χ4v) is 9.52. The summed E-state index contributed by atoms with van der Waals surface area (Å²) in [7, 11) is 0. The van der Waals surface area contributed by atoms with Gasteiger partial charge in [0.25, 0.3) is 0 Å². The van der Waals surface area contributed by atoms with Crippen molar-refractivity contribution >= 4 is 81.1 Å². The van der Waals surface area contributed by atoms with E-state index in [1.807, 2.05) is 11.3 Å². The molecule has 11 aromatic rings. The molecule has 0 saturated carbocycles. The molecule has 0 aliphatic rings. The van der Waals surface area contributed by atoms with Crippen LogP contribution >= 0.6 is 11.3 Å². The number of para-hydroxylation sites is 2. The van der Waals surface area contributed by atoms with Gasteiger partial charge in [-0.1, -0.05) is 140 Å². The van der Waals surface area contributed by atoms with Gasteiger partial charge in [0.05, 0.1) is 11.0 Å². The zero-order chi connectivity index (χ0) is 36.3. The molecule has 2 nitrogen and oxygen atoms in total. The first-order valence-corrected chi connectivity index (χ1v) is 19.6. The van der Waals surface area contributed by atoms with Gasteiger partial charge in [0.15, 0.2) is 0 Å². The fourth-order valence-electron chi connectivity index (χ4n) is 8.38. The van der Waals surface area contributed by atoms with Gasteiger partial charge in [-0.3, -0.25) is 0 Å². The molecule has 0 aliphatic heterocycles. The summed E-state index contributed by atoms with van der Waals surface area (Å²) >= 11 is 1.86. The van der Waals surface area contributed by atoms with Crippen LogP contribution in [0, 0.1) is 0 Å². The Morgan fingerprint density at radius 3 is 1.75 bits per heavy atom. The van der Waals surface area contributed by atoms with E-state index in [2.05, 4.69) is 216 Å². The standard InChI is InChI=1S/C52H34N2S/c1-2-13-39(14-3-1)54-49-19-8-6-16-45(49)46-31-25-38(33-50(46)54)35-21-26-40(27-22-35)53(42-30-32-48-47-17-7-9-20-51(47)55-52(48)34-42)41-28-23-37(24-29-41)44-18-10-12-36-11-4-5-15-43(36)44/h1-34H. The second kappa shape index (κ2) is 12.9. The number of rotatable bonds is 6. The van der Waals surface area contributed by atoms with E-state index in [1.54, 1.807) is 0 Å². The number of fused-ring (bicyclic) bond motifs is 7. The van der Waals surface area contributed by atoms with E-state index in [0.717, 1.165) is 17.1 Å². The Morgan fingerprint density at radius 2 is 0.927 bits per heavy atom. The van der Waals surface area contributed by atoms with Crippen molar-refractivity contribution in [3.8, 4) is 27.9 Å². The van der Waals surface area contributed by atoms with E-state index in [0.29, 0.717) is 0 Å². The third kappa shape index (κ3) is 5.32. The molecule has 0 atom stereocenters. The molecule has 2 aromatic heterocycles. The first-order chi connectivity index (χ1) is 27.3. The van der Waals surface area contributed by atoms with Crippen molar-refractivity contribution in [3.05, 3.63) is 206 Å². The van der Waals surface area contributed by atoms with E-state index < -0.39 is 0 Å². The summed E-state index contributed by atoms with van der Waals surface area (Å²) in [5.74, 6) is 0. The van der Waals surface area contributed by atoms with Crippen molar-refractivity contribution in [2.45, 2.75) is 0 Å². The number of thiophene rings is 1. The van der Waals surface area contributed by atoms with Gasteiger partial charge in [-0.25, -0.2) is 0 Å². The van der Waals surface area contributed by atoms with E-state index in [1.165, 1.54) is 80.7 Å². The maximum Gasteiger partial charge on any atom is 0.0547 e. The minimum Gasteiger partial charge on any atom is -0.310 e. The Kier molecular flexibility index (Phi) is 7.39. The molecule has 3 heteroatoms. The van der Waals surface area contributed by atoms with Gasteiger partial charge >= 0.3 is 0 Å². The molecule has 0 unspecified atom stereocenters. The van der Waals surface area contributed by atoms with Gasteiger partial charge in [-0.2, -0.15) is 0 Å². The number of benzene rings is 9. The van der Waals surface area contributed by atoms with Crippen LogP contribution in [0.2, 0.25) is 0 Å². The highest BCUT2D eigenvalue weighted by molar-refractivity contribution is 7.25. The van der Waals surface area contributed by atoms with Crippen molar-refractivity contribution in [3.63, 3.8) is 0 Å². The molecular weight excluding hydrogens is 685 g/mol. The monoisotopic (exact) mass is 718 g/mol. The number of anilines is 3. The summed E-state index contributed by atoms with van der Waals surface area (Å²) < 4.78 is 4.99. The lowest BCUT2D eigenvalue weighted by Gasteiger charge is -2.26. The first-order valence-electron chi connectivity index (χ1n) is 18.8. The van der Waals surface area contributed by atoms with Crippen molar-refractivity contribution < 1.29 is 0 Å². The largest absolute Gasteiger partial charge is 0.310 e. The lowest BCUT2D eigenvalue weighted by atomic mass is 9.98. The van der Waals surface area contributed by atoms with Crippen molar-refractivity contribution in [1.82, 2.24) is 4.57 Å². The smallest absolute Gasteiger partial charge is 0.0547 e. The van der Waals surface area contributed by atoms with E-state index >= 15 is 0 Å². The van der Waals surface area contributed by atoms with Gasteiger partial charge in [-0.15, -0.1) is 11.3 Å². The summed E-state index contributed by atoms with van der Waals surface area (Å²) in [5.41, 5.74) is 11.8. The molecule has 0 N–H and O–H groups in total. The first kappa shape index (κ1) is 31.6. The van der Waals surface area contributed by atoms with Crippen LogP contribution in [0.15, 0.2) is 206 Å². The molecule has 0 saturated heterocycles. The van der Waals surface area contributed by atoms with Crippen molar-refractivity contribution in [2.24, 2.45) is 0 Å². The normalized spacial score (nSPS) is 11.6. The predicted octanol–water partition coefficient (Wildman–Crippen LogP) is 15.1. The van der Waals surface area contributed by atoms with Gasteiger partial charge in [0.1, 0.15) is 0 Å². The van der Waals surface area contributed by atoms with E-state index in [9.17, 15) is 0 Å². The van der Waals surface area contributed by atoms with Crippen LogP contribution in [0.4, 0.5) is 17.1 Å². The van der Waals surface area contributed by atoms with Crippen LogP contribution in [0.1, 0.15) is 0 Å². The van der Waals surface area contributed by atoms with Gasteiger partial charge in [0.2, 0.25) is 0 Å². The zero-order valence-electron chi connectivity index (χ0n) is 29.9. The molecule has 0 aliphatic carbocycles. The minimum atomic E-state index is 1.11. The molecule has 9 aromatic carbocycles. The average Bonchev–Trinajstić information content (AvgIpc) is 3.79. The molecule has 0 radical (unpaired) electrons. The maximum absolute atomic E-state index is 2.39. The summed E-state index contributed by atoms with van der Waals surface area (Å²) in [4.78, 5) is 2.39. The lowest BCUT2D eigenvalue weighted by molar-refractivity contribution is 1.18.